The first-order valence-corrected chi connectivity index (χ1v) is 26.5. The van der Waals surface area contributed by atoms with Crippen molar-refractivity contribution in [1.82, 2.24) is 30.8 Å². The van der Waals surface area contributed by atoms with Crippen LogP contribution < -0.4 is 31.3 Å². The molecule has 0 saturated carbocycles. The van der Waals surface area contributed by atoms with Gasteiger partial charge in [0.1, 0.15) is 53.3 Å². The van der Waals surface area contributed by atoms with E-state index in [1.165, 1.54) is 4.90 Å². The Balaban J connectivity index is 0.903. The molecule has 4 amide bonds. The van der Waals surface area contributed by atoms with Crippen molar-refractivity contribution in [2.75, 3.05) is 83.7 Å². The molecule has 0 bridgehead atoms. The number of anilines is 3. The maximum Gasteiger partial charge on any atom is 0.247 e. The molecule has 0 spiro atoms. The standard InChI is InChI=1S/C51H66F2N8O11S2/c1-31(54-8)47(63)60-46(50(2,3)4)49(65)61-28-33(25-40(61)48(64)59-45-35(52)10-9-11-36(45)53)58-44(62)29-71-21-20-69-17-16-68-18-19-70-22-23-72-41-27-38-34(26-43(41)74(66,67)51(5,6)7)37(14-15-55-38)57-32-12-13-42-39(24-32)56-30-73-42/h9-15,24,26-27,30-31,33,40,46,54H,16-23,25,28-29H2,1-8H3,(H,55,57)(H,58,62)(H,59,64)(H,60,63)/t31-,33-,40-,46+/m0/s1. The van der Waals surface area contributed by atoms with Crippen molar-refractivity contribution in [3.63, 3.8) is 0 Å². The molecule has 74 heavy (non-hydrogen) atoms. The first-order valence-electron chi connectivity index (χ1n) is 24.1. The number of para-hydroxylation sites is 1. The molecule has 4 atom stereocenters. The van der Waals surface area contributed by atoms with Crippen LogP contribution in [0.1, 0.15) is 54.9 Å². The predicted molar refractivity (Wildman–Crippen MR) is 277 cm³/mol. The van der Waals surface area contributed by atoms with Crippen molar-refractivity contribution in [3.05, 3.63) is 77.9 Å². The Kier molecular flexibility index (Phi) is 19.8. The van der Waals surface area contributed by atoms with Crippen molar-refractivity contribution < 1.29 is 60.1 Å². The Morgan fingerprint density at radius 3 is 2.12 bits per heavy atom. The minimum atomic E-state index is -3.85. The quantitative estimate of drug-likeness (QED) is 0.0438. The van der Waals surface area contributed by atoms with E-state index in [-0.39, 0.29) is 83.1 Å². The number of hydrogen-bond donors (Lipinski definition) is 5. The zero-order valence-electron chi connectivity index (χ0n) is 42.8. The van der Waals surface area contributed by atoms with E-state index in [9.17, 15) is 36.4 Å². The highest BCUT2D eigenvalue weighted by atomic mass is 32.2. The van der Waals surface area contributed by atoms with E-state index in [2.05, 4.69) is 36.6 Å². The van der Waals surface area contributed by atoms with Gasteiger partial charge >= 0.3 is 0 Å². The number of thiazole rings is 1. The van der Waals surface area contributed by atoms with Gasteiger partial charge in [-0.05, 0) is 89.0 Å². The molecule has 0 radical (unpaired) electrons. The van der Waals surface area contributed by atoms with E-state index in [1.54, 1.807) is 96.8 Å². The number of sulfone groups is 1. The lowest BCUT2D eigenvalue weighted by Gasteiger charge is -2.36. The Bertz CT molecular complexity index is 2860. The summed E-state index contributed by atoms with van der Waals surface area (Å²) in [4.78, 5) is 63.7. The second-order valence-electron chi connectivity index (χ2n) is 19.6. The Hall–Kier alpha value is -5.95. The maximum absolute atomic E-state index is 14.5. The second-order valence-corrected chi connectivity index (χ2v) is 23.2. The number of fused-ring (bicyclic) bond motifs is 2. The molecule has 3 aromatic carbocycles. The number of rotatable bonds is 25. The third-order valence-electron chi connectivity index (χ3n) is 12.0. The molecule has 1 aliphatic rings. The van der Waals surface area contributed by atoms with Gasteiger partial charge in [0.25, 0.3) is 0 Å². The van der Waals surface area contributed by atoms with Crippen molar-refractivity contribution >= 4 is 83.0 Å². The van der Waals surface area contributed by atoms with Gasteiger partial charge in [0, 0.05) is 41.6 Å². The van der Waals surface area contributed by atoms with Crippen LogP contribution in [-0.2, 0) is 48.0 Å². The van der Waals surface area contributed by atoms with Gasteiger partial charge in [-0.15, -0.1) is 11.3 Å². The Morgan fingerprint density at radius 2 is 1.49 bits per heavy atom. The van der Waals surface area contributed by atoms with Crippen LogP contribution in [0.4, 0.5) is 25.8 Å². The summed E-state index contributed by atoms with van der Waals surface area (Å²) in [6.07, 6.45) is 1.56. The van der Waals surface area contributed by atoms with E-state index in [4.69, 9.17) is 23.7 Å². The van der Waals surface area contributed by atoms with Crippen molar-refractivity contribution in [1.29, 1.82) is 0 Å². The smallest absolute Gasteiger partial charge is 0.247 e. The van der Waals surface area contributed by atoms with Gasteiger partial charge in [-0.3, -0.25) is 24.2 Å². The van der Waals surface area contributed by atoms with Crippen LogP contribution in [0.25, 0.3) is 21.1 Å². The maximum atomic E-state index is 14.5. The molecule has 6 rings (SSSR count). The highest BCUT2D eigenvalue weighted by Gasteiger charge is 2.46. The minimum Gasteiger partial charge on any atom is -0.490 e. The molecule has 1 saturated heterocycles. The highest BCUT2D eigenvalue weighted by Crippen LogP contribution is 2.38. The predicted octanol–water partition coefficient (Wildman–Crippen LogP) is 5.75. The monoisotopic (exact) mass is 1070 g/mol. The second kappa shape index (κ2) is 25.5. The minimum absolute atomic E-state index is 0.0430. The molecule has 0 aliphatic carbocycles. The van der Waals surface area contributed by atoms with E-state index in [0.717, 1.165) is 34.1 Å². The van der Waals surface area contributed by atoms with Gasteiger partial charge in [-0.2, -0.15) is 0 Å². The van der Waals surface area contributed by atoms with Crippen LogP contribution >= 0.6 is 11.3 Å². The Labute approximate surface area is 433 Å². The number of likely N-dealkylation sites (N-methyl/N-ethyl adjacent to an activating group) is 1. The molecule has 1 aliphatic heterocycles. The SMILES string of the molecule is CN[C@@H](C)C(=O)N[C@H](C(=O)N1C[C@@H](NC(=O)COCCOCCOCCOCCOc2cc3nccc(Nc4ccc5scnc5c4)c3cc2S(=O)(=O)C(C)(C)C)C[C@H]1C(=O)Nc1c(F)cccc1F)C(C)(C)C. The lowest BCUT2D eigenvalue weighted by atomic mass is 9.85. The summed E-state index contributed by atoms with van der Waals surface area (Å²) in [5.41, 5.74) is 3.17. The molecule has 5 aromatic rings. The molecule has 5 N–H and O–H groups in total. The fraction of sp³-hybridized carbons (Fsp3) is 0.490. The summed E-state index contributed by atoms with van der Waals surface area (Å²) >= 11 is 1.55. The van der Waals surface area contributed by atoms with Crippen LogP contribution in [0.2, 0.25) is 0 Å². The summed E-state index contributed by atoms with van der Waals surface area (Å²) in [6, 6.07) is 10.3. The largest absolute Gasteiger partial charge is 0.490 e. The van der Waals surface area contributed by atoms with Crippen LogP contribution in [0.3, 0.4) is 0 Å². The number of benzene rings is 3. The molecule has 19 nitrogen and oxygen atoms in total. The van der Waals surface area contributed by atoms with E-state index in [1.807, 2.05) is 18.2 Å². The fourth-order valence-electron chi connectivity index (χ4n) is 7.78. The number of nitrogens with one attached hydrogen (secondary N) is 5. The fourth-order valence-corrected chi connectivity index (χ4v) is 9.75. The molecular formula is C51H66F2N8O11S2. The number of amides is 4. The molecule has 0 unspecified atom stereocenters. The molecule has 402 valence electrons. The average Bonchev–Trinajstić information content (AvgIpc) is 4.00. The lowest BCUT2D eigenvalue weighted by Crippen LogP contribution is -2.59. The van der Waals surface area contributed by atoms with E-state index >= 15 is 0 Å². The number of ether oxygens (including phenoxy) is 5. The number of likely N-dealkylation sites (tertiary alicyclic amines) is 1. The topological polar surface area (TPSA) is 238 Å². The van der Waals surface area contributed by atoms with Crippen LogP contribution in [0.15, 0.2) is 71.2 Å². The first kappa shape index (κ1) is 57.3. The average molecular weight is 1070 g/mol. The summed E-state index contributed by atoms with van der Waals surface area (Å²) in [7, 11) is -2.26. The lowest BCUT2D eigenvalue weighted by molar-refractivity contribution is -0.143. The molecule has 2 aromatic heterocycles. The zero-order valence-corrected chi connectivity index (χ0v) is 44.5. The number of nitrogens with zero attached hydrogens (tertiary/aromatic N) is 3. The van der Waals surface area contributed by atoms with Gasteiger partial charge in [-0.1, -0.05) is 26.8 Å². The van der Waals surface area contributed by atoms with Crippen LogP contribution in [0.5, 0.6) is 5.75 Å². The summed E-state index contributed by atoms with van der Waals surface area (Å²) in [6.45, 7) is 12.7. The molecule has 3 heterocycles. The number of carbonyl (C=O) groups is 4. The number of hydrogen-bond acceptors (Lipinski definition) is 16. The normalized spacial score (nSPS) is 16.0. The van der Waals surface area contributed by atoms with Crippen LogP contribution in [0, 0.1) is 17.0 Å². The van der Waals surface area contributed by atoms with Crippen LogP contribution in [-0.4, -0.2) is 149 Å². The van der Waals surface area contributed by atoms with Gasteiger partial charge < -0.3 is 55.2 Å². The number of pyridine rings is 1. The highest BCUT2D eigenvalue weighted by molar-refractivity contribution is 7.92. The molecule has 23 heteroatoms. The van der Waals surface area contributed by atoms with Gasteiger partial charge in [-0.25, -0.2) is 22.2 Å². The number of halogens is 2. The third kappa shape index (κ3) is 14.9. The number of carbonyl (C=O) groups excluding carboxylic acids is 4. The molecular weight excluding hydrogens is 1000 g/mol. The molecule has 1 fully saturated rings. The van der Waals surface area contributed by atoms with E-state index < -0.39 is 85.1 Å². The summed E-state index contributed by atoms with van der Waals surface area (Å²) in [5, 5.41) is 14.6. The third-order valence-corrected chi connectivity index (χ3v) is 15.4. The summed E-state index contributed by atoms with van der Waals surface area (Å²) < 4.78 is 85.1. The van der Waals surface area contributed by atoms with Gasteiger partial charge in [0.15, 0.2) is 9.84 Å². The van der Waals surface area contributed by atoms with Gasteiger partial charge in [0.05, 0.1) is 78.3 Å². The van der Waals surface area contributed by atoms with Crippen molar-refractivity contribution in [3.8, 4) is 5.75 Å². The van der Waals surface area contributed by atoms with Crippen molar-refractivity contribution in [2.45, 2.75) is 88.7 Å². The van der Waals surface area contributed by atoms with E-state index in [0.29, 0.717) is 16.6 Å². The summed E-state index contributed by atoms with van der Waals surface area (Å²) in [5.74, 6) is -4.30. The van der Waals surface area contributed by atoms with Gasteiger partial charge in [0.2, 0.25) is 23.6 Å². The first-order chi connectivity index (χ1) is 35.1. The zero-order chi connectivity index (χ0) is 53.8. The Morgan fingerprint density at radius 1 is 0.838 bits per heavy atom. The number of aromatic nitrogens is 2. The van der Waals surface area contributed by atoms with Crippen molar-refractivity contribution in [2.24, 2.45) is 5.41 Å².